The topological polar surface area (TPSA) is 35.8 Å². The van der Waals surface area contributed by atoms with Crippen LogP contribution in [0.5, 0.6) is 0 Å². The van der Waals surface area contributed by atoms with Crippen molar-refractivity contribution in [3.05, 3.63) is 33.6 Å². The van der Waals surface area contributed by atoms with Gasteiger partial charge in [0.25, 0.3) is 0 Å². The number of rotatable bonds is 5. The third-order valence-corrected chi connectivity index (χ3v) is 3.54. The van der Waals surface area contributed by atoms with Crippen molar-refractivity contribution in [1.82, 2.24) is 5.32 Å². The molecule has 1 aromatic carbocycles. The molecule has 0 fully saturated rings. The summed E-state index contributed by atoms with van der Waals surface area (Å²) in [4.78, 5) is 0. The molecular weight excluding hydrogens is 274 g/mol. The zero-order valence-corrected chi connectivity index (χ0v) is 11.8. The molecule has 0 bridgehead atoms. The zero-order chi connectivity index (χ0) is 13.7. The minimum absolute atomic E-state index is 0.0364. The summed E-state index contributed by atoms with van der Waals surface area (Å²) in [6.07, 6.45) is 1.20. The van der Waals surface area contributed by atoms with E-state index in [1.165, 1.54) is 12.1 Å². The van der Waals surface area contributed by atoms with Crippen LogP contribution >= 0.6 is 23.2 Å². The van der Waals surface area contributed by atoms with Crippen molar-refractivity contribution in [3.8, 4) is 6.07 Å². The molecule has 1 aromatic rings. The minimum Gasteiger partial charge on any atom is -0.306 e. The number of nitrogens with zero attached hydrogens (tertiary/aromatic N) is 1. The van der Waals surface area contributed by atoms with E-state index in [1.807, 2.05) is 13.8 Å². The Morgan fingerprint density at radius 2 is 2.11 bits per heavy atom. The second-order valence-electron chi connectivity index (χ2n) is 4.11. The van der Waals surface area contributed by atoms with Crippen molar-refractivity contribution in [3.63, 3.8) is 0 Å². The van der Waals surface area contributed by atoms with Crippen molar-refractivity contribution in [1.29, 1.82) is 5.26 Å². The van der Waals surface area contributed by atoms with Crippen molar-refractivity contribution >= 4 is 23.2 Å². The molecule has 2 unspecified atom stereocenters. The Bertz CT molecular complexity index is 457. The Balaban J connectivity index is 2.94. The summed E-state index contributed by atoms with van der Waals surface area (Å²) >= 11 is 12.0. The lowest BCUT2D eigenvalue weighted by molar-refractivity contribution is 0.446. The van der Waals surface area contributed by atoms with Crippen molar-refractivity contribution in [2.45, 2.75) is 38.8 Å². The van der Waals surface area contributed by atoms with Gasteiger partial charge in [0.05, 0.1) is 17.5 Å². The molecule has 0 radical (unpaired) electrons. The summed E-state index contributed by atoms with van der Waals surface area (Å²) in [5, 5.41) is 12.4. The largest absolute Gasteiger partial charge is 0.306 e. The van der Waals surface area contributed by atoms with Gasteiger partial charge in [-0.05, 0) is 25.5 Å². The molecule has 0 aliphatic carbocycles. The summed E-state index contributed by atoms with van der Waals surface area (Å²) in [6, 6.07) is 4.68. The quantitative estimate of drug-likeness (QED) is 0.811. The molecule has 0 aliphatic heterocycles. The summed E-state index contributed by atoms with van der Waals surface area (Å²) in [7, 11) is 0. The lowest BCUT2D eigenvalue weighted by atomic mass is 10.0. The number of hydrogen-bond acceptors (Lipinski definition) is 2. The van der Waals surface area contributed by atoms with Gasteiger partial charge >= 0.3 is 0 Å². The summed E-state index contributed by atoms with van der Waals surface area (Å²) in [5.41, 5.74) is 0.537. The number of benzene rings is 1. The van der Waals surface area contributed by atoms with Crippen LogP contribution in [-0.4, -0.2) is 6.04 Å². The average Bonchev–Trinajstić information content (AvgIpc) is 2.34. The van der Waals surface area contributed by atoms with E-state index >= 15 is 0 Å². The summed E-state index contributed by atoms with van der Waals surface area (Å²) in [5.74, 6) is -0.488. The van der Waals surface area contributed by atoms with Crippen molar-refractivity contribution in [2.75, 3.05) is 0 Å². The van der Waals surface area contributed by atoms with Gasteiger partial charge in [0.15, 0.2) is 0 Å². The fourth-order valence-corrected chi connectivity index (χ4v) is 2.51. The molecule has 0 aromatic heterocycles. The number of nitriles is 1. The molecule has 5 heteroatoms. The van der Waals surface area contributed by atoms with Gasteiger partial charge in [0.2, 0.25) is 0 Å². The smallest absolute Gasteiger partial charge is 0.142 e. The van der Waals surface area contributed by atoms with E-state index in [2.05, 4.69) is 11.4 Å². The highest BCUT2D eigenvalue weighted by Gasteiger charge is 2.19. The first-order valence-corrected chi connectivity index (χ1v) is 6.53. The monoisotopic (exact) mass is 288 g/mol. The Kier molecular flexibility index (Phi) is 5.87. The molecule has 0 spiro atoms. The maximum absolute atomic E-state index is 13.4. The normalized spacial score (nSPS) is 14.0. The van der Waals surface area contributed by atoms with E-state index in [4.69, 9.17) is 28.5 Å². The van der Waals surface area contributed by atoms with Crippen LogP contribution in [0.25, 0.3) is 0 Å². The van der Waals surface area contributed by atoms with Gasteiger partial charge in [-0.2, -0.15) is 5.26 Å². The van der Waals surface area contributed by atoms with Crippen molar-refractivity contribution < 1.29 is 4.39 Å². The molecule has 0 aliphatic rings. The Morgan fingerprint density at radius 3 is 2.67 bits per heavy atom. The van der Waals surface area contributed by atoms with Crippen LogP contribution in [0.3, 0.4) is 0 Å². The van der Waals surface area contributed by atoms with Crippen LogP contribution in [0.2, 0.25) is 10.0 Å². The Labute approximate surface area is 117 Å². The maximum Gasteiger partial charge on any atom is 0.142 e. The number of nitrogens with one attached hydrogen (secondary N) is 1. The number of halogens is 3. The molecule has 1 rings (SSSR count). The average molecular weight is 289 g/mol. The van der Waals surface area contributed by atoms with E-state index in [9.17, 15) is 4.39 Å². The summed E-state index contributed by atoms with van der Waals surface area (Å²) in [6.45, 7) is 3.84. The standard InChI is InChI=1S/C13H15Cl2FN2/c1-3-9(6-7-17)18-8(2)12-10(14)4-5-11(16)13(12)15/h4-5,8-9,18H,3,6H2,1-2H3. The van der Waals surface area contributed by atoms with E-state index in [0.29, 0.717) is 17.0 Å². The van der Waals surface area contributed by atoms with Gasteiger partial charge in [0.1, 0.15) is 5.82 Å². The van der Waals surface area contributed by atoms with E-state index in [0.717, 1.165) is 6.42 Å². The van der Waals surface area contributed by atoms with E-state index < -0.39 is 5.82 Å². The molecule has 18 heavy (non-hydrogen) atoms. The van der Waals surface area contributed by atoms with Crippen LogP contribution in [0, 0.1) is 17.1 Å². The molecule has 2 nitrogen and oxygen atoms in total. The first-order valence-electron chi connectivity index (χ1n) is 5.77. The van der Waals surface area contributed by atoms with Gasteiger partial charge in [-0.1, -0.05) is 30.1 Å². The molecule has 0 heterocycles. The first-order chi connectivity index (χ1) is 8.51. The second kappa shape index (κ2) is 6.94. The SMILES string of the molecule is CCC(CC#N)NC(C)c1c(Cl)ccc(F)c1Cl. The third-order valence-electron chi connectivity index (χ3n) is 2.83. The van der Waals surface area contributed by atoms with Gasteiger partial charge in [-0.3, -0.25) is 0 Å². The highest BCUT2D eigenvalue weighted by Crippen LogP contribution is 2.32. The van der Waals surface area contributed by atoms with Gasteiger partial charge in [-0.25, -0.2) is 4.39 Å². The van der Waals surface area contributed by atoms with Gasteiger partial charge in [0, 0.05) is 22.7 Å². The Hall–Kier alpha value is -0.820. The zero-order valence-electron chi connectivity index (χ0n) is 10.3. The highest BCUT2D eigenvalue weighted by atomic mass is 35.5. The van der Waals surface area contributed by atoms with Gasteiger partial charge in [-0.15, -0.1) is 0 Å². The van der Waals surface area contributed by atoms with Crippen LogP contribution in [0.1, 0.15) is 38.3 Å². The minimum atomic E-state index is -0.488. The molecule has 1 N–H and O–H groups in total. The maximum atomic E-state index is 13.4. The third kappa shape index (κ3) is 3.58. The first kappa shape index (κ1) is 15.2. The molecule has 0 amide bonds. The van der Waals surface area contributed by atoms with Crippen LogP contribution in [-0.2, 0) is 0 Å². The molecule has 2 atom stereocenters. The molecule has 98 valence electrons. The second-order valence-corrected chi connectivity index (χ2v) is 4.90. The highest BCUT2D eigenvalue weighted by molar-refractivity contribution is 6.36. The van der Waals surface area contributed by atoms with E-state index in [-0.39, 0.29) is 17.1 Å². The fraction of sp³-hybridized carbons (Fsp3) is 0.462. The number of hydrogen-bond donors (Lipinski definition) is 1. The predicted octanol–water partition coefficient (Wildman–Crippen LogP) is 4.48. The summed E-state index contributed by atoms with van der Waals surface area (Å²) < 4.78 is 13.4. The molecular formula is C13H15Cl2FN2. The lowest BCUT2D eigenvalue weighted by Crippen LogP contribution is -2.31. The van der Waals surface area contributed by atoms with Crippen LogP contribution in [0.15, 0.2) is 12.1 Å². The van der Waals surface area contributed by atoms with Crippen molar-refractivity contribution in [2.24, 2.45) is 0 Å². The van der Waals surface area contributed by atoms with E-state index in [1.54, 1.807) is 0 Å². The lowest BCUT2D eigenvalue weighted by Gasteiger charge is -2.22. The van der Waals surface area contributed by atoms with Crippen LogP contribution in [0.4, 0.5) is 4.39 Å². The predicted molar refractivity (Wildman–Crippen MR) is 72.3 cm³/mol. The molecule has 0 saturated heterocycles. The van der Waals surface area contributed by atoms with Gasteiger partial charge < -0.3 is 5.32 Å². The van der Waals surface area contributed by atoms with Crippen LogP contribution < -0.4 is 5.32 Å². The molecule has 0 saturated carbocycles. The fourth-order valence-electron chi connectivity index (χ4n) is 1.81. The Morgan fingerprint density at radius 1 is 1.44 bits per heavy atom.